The van der Waals surface area contributed by atoms with Crippen LogP contribution < -0.4 is 5.32 Å². The summed E-state index contributed by atoms with van der Waals surface area (Å²) in [5.74, 6) is 2.41. The van der Waals surface area contributed by atoms with E-state index in [2.05, 4.69) is 5.32 Å². The van der Waals surface area contributed by atoms with Crippen LogP contribution in [0.1, 0.15) is 12.8 Å². The van der Waals surface area contributed by atoms with Gasteiger partial charge in [0.15, 0.2) is 0 Å². The van der Waals surface area contributed by atoms with Crippen LogP contribution in [0.4, 0.5) is 8.78 Å². The Labute approximate surface area is 87.8 Å². The van der Waals surface area contributed by atoms with Crippen molar-refractivity contribution in [2.45, 2.75) is 25.3 Å². The van der Waals surface area contributed by atoms with Gasteiger partial charge in [-0.05, 0) is 24.3 Å². The van der Waals surface area contributed by atoms with Crippen LogP contribution in [0, 0.1) is 0 Å². The first-order valence-electron chi connectivity index (χ1n) is 4.96. The van der Waals surface area contributed by atoms with Gasteiger partial charge < -0.3 is 10.1 Å². The van der Waals surface area contributed by atoms with Crippen LogP contribution in [0.2, 0.25) is 0 Å². The number of thioether (sulfide) groups is 1. The highest BCUT2D eigenvalue weighted by molar-refractivity contribution is 7.99. The molecule has 1 aliphatic heterocycles. The summed E-state index contributed by atoms with van der Waals surface area (Å²) in [5, 5.41) is 3.31. The molecule has 0 saturated carbocycles. The molecular formula is C9H17F2NOS. The summed E-state index contributed by atoms with van der Waals surface area (Å²) >= 11 is 1.98. The average Bonchev–Trinajstić information content (AvgIpc) is 2.18. The van der Waals surface area contributed by atoms with E-state index in [4.69, 9.17) is 4.74 Å². The Morgan fingerprint density at radius 1 is 1.36 bits per heavy atom. The summed E-state index contributed by atoms with van der Waals surface area (Å²) in [7, 11) is 0. The molecule has 0 unspecified atom stereocenters. The number of ether oxygens (including phenoxy) is 1. The molecular weight excluding hydrogens is 208 g/mol. The Hall–Kier alpha value is 0.130. The van der Waals surface area contributed by atoms with Crippen molar-refractivity contribution in [2.24, 2.45) is 0 Å². The van der Waals surface area contributed by atoms with Gasteiger partial charge in [-0.2, -0.15) is 11.8 Å². The van der Waals surface area contributed by atoms with Crippen molar-refractivity contribution < 1.29 is 13.5 Å². The van der Waals surface area contributed by atoms with Gasteiger partial charge in [-0.3, -0.25) is 0 Å². The lowest BCUT2D eigenvalue weighted by atomic mass is 10.1. The fraction of sp³-hybridized carbons (Fsp3) is 1.00. The number of hydrogen-bond acceptors (Lipinski definition) is 3. The molecule has 14 heavy (non-hydrogen) atoms. The first-order valence-corrected chi connectivity index (χ1v) is 6.11. The summed E-state index contributed by atoms with van der Waals surface area (Å²) in [6.07, 6.45) is 0.0139. The van der Waals surface area contributed by atoms with Crippen molar-refractivity contribution in [1.82, 2.24) is 5.32 Å². The average molecular weight is 225 g/mol. The summed E-state index contributed by atoms with van der Waals surface area (Å²) in [6.45, 7) is 0.623. The molecule has 0 aromatic carbocycles. The summed E-state index contributed by atoms with van der Waals surface area (Å²) in [4.78, 5) is 0. The van der Waals surface area contributed by atoms with Gasteiger partial charge in [0.2, 0.25) is 0 Å². The molecule has 1 saturated heterocycles. The molecule has 0 bridgehead atoms. The second kappa shape index (κ2) is 7.43. The molecule has 84 valence electrons. The number of nitrogens with one attached hydrogen (secondary N) is 1. The maximum Gasteiger partial charge on any atom is 0.261 e. The van der Waals surface area contributed by atoms with Crippen LogP contribution in [0.15, 0.2) is 0 Å². The molecule has 0 atom stereocenters. The molecule has 0 amide bonds. The van der Waals surface area contributed by atoms with Crippen molar-refractivity contribution in [1.29, 1.82) is 0 Å². The van der Waals surface area contributed by atoms with E-state index in [0.717, 1.165) is 0 Å². The van der Waals surface area contributed by atoms with Crippen LogP contribution in [-0.2, 0) is 4.74 Å². The first kappa shape index (κ1) is 12.2. The Morgan fingerprint density at radius 2 is 2.07 bits per heavy atom. The molecule has 1 rings (SSSR count). The quantitative estimate of drug-likeness (QED) is 0.696. The molecule has 1 aliphatic rings. The smallest absolute Gasteiger partial charge is 0.261 e. The van der Waals surface area contributed by atoms with E-state index < -0.39 is 13.0 Å². The third-order valence-corrected chi connectivity index (χ3v) is 3.19. The zero-order valence-electron chi connectivity index (χ0n) is 8.18. The van der Waals surface area contributed by atoms with Gasteiger partial charge in [-0.25, -0.2) is 8.78 Å². The molecule has 5 heteroatoms. The van der Waals surface area contributed by atoms with Crippen molar-refractivity contribution in [3.05, 3.63) is 0 Å². The molecule has 0 aromatic heterocycles. The van der Waals surface area contributed by atoms with Gasteiger partial charge in [0.25, 0.3) is 6.43 Å². The van der Waals surface area contributed by atoms with E-state index in [9.17, 15) is 8.78 Å². The van der Waals surface area contributed by atoms with Gasteiger partial charge in [0.1, 0.15) is 6.61 Å². The van der Waals surface area contributed by atoms with Crippen LogP contribution >= 0.6 is 11.8 Å². The highest BCUT2D eigenvalue weighted by Crippen LogP contribution is 2.16. The fourth-order valence-corrected chi connectivity index (χ4v) is 2.52. The van der Waals surface area contributed by atoms with Crippen LogP contribution in [0.25, 0.3) is 0 Å². The molecule has 0 aliphatic carbocycles. The number of rotatable bonds is 6. The number of halogens is 2. The Balaban J connectivity index is 1.87. The van der Waals surface area contributed by atoms with Gasteiger partial charge in [0.05, 0.1) is 6.61 Å². The Morgan fingerprint density at radius 3 is 2.71 bits per heavy atom. The first-order chi connectivity index (χ1) is 6.79. The second-order valence-corrected chi connectivity index (χ2v) is 4.53. The molecule has 0 radical (unpaired) electrons. The highest BCUT2D eigenvalue weighted by Gasteiger charge is 2.12. The predicted octanol–water partition coefficient (Wildman–Crippen LogP) is 1.75. The van der Waals surface area contributed by atoms with Gasteiger partial charge in [0, 0.05) is 12.6 Å². The van der Waals surface area contributed by atoms with E-state index >= 15 is 0 Å². The van der Waals surface area contributed by atoms with Gasteiger partial charge >= 0.3 is 0 Å². The van der Waals surface area contributed by atoms with Crippen LogP contribution in [0.3, 0.4) is 0 Å². The van der Waals surface area contributed by atoms with E-state index in [1.807, 2.05) is 11.8 Å². The lowest BCUT2D eigenvalue weighted by Gasteiger charge is -2.22. The lowest BCUT2D eigenvalue weighted by Crippen LogP contribution is -2.35. The van der Waals surface area contributed by atoms with Crippen molar-refractivity contribution in [3.63, 3.8) is 0 Å². The zero-order valence-corrected chi connectivity index (χ0v) is 8.99. The second-order valence-electron chi connectivity index (χ2n) is 3.31. The van der Waals surface area contributed by atoms with Crippen molar-refractivity contribution >= 4 is 11.8 Å². The molecule has 2 nitrogen and oxygen atoms in total. The number of alkyl halides is 2. The molecule has 0 aromatic rings. The monoisotopic (exact) mass is 225 g/mol. The van der Waals surface area contributed by atoms with E-state index in [1.54, 1.807) is 0 Å². The maximum atomic E-state index is 11.7. The molecule has 1 heterocycles. The maximum absolute atomic E-state index is 11.7. The molecule has 0 spiro atoms. The lowest BCUT2D eigenvalue weighted by molar-refractivity contribution is 0.0181. The molecule has 1 fully saturated rings. The topological polar surface area (TPSA) is 21.3 Å². The third-order valence-electron chi connectivity index (χ3n) is 2.14. The van der Waals surface area contributed by atoms with Crippen LogP contribution in [0.5, 0.6) is 0 Å². The summed E-state index contributed by atoms with van der Waals surface area (Å²) in [5.41, 5.74) is 0. The predicted molar refractivity (Wildman–Crippen MR) is 55.2 cm³/mol. The minimum absolute atomic E-state index is 0.383. The standard InChI is InChI=1S/C9H17F2NOS/c10-9(11)7-13-4-3-12-8-1-5-14-6-2-8/h8-9,12H,1-7H2. The van der Waals surface area contributed by atoms with Gasteiger partial charge in [-0.1, -0.05) is 0 Å². The Kier molecular flexibility index (Phi) is 6.47. The molecule has 1 N–H and O–H groups in total. The van der Waals surface area contributed by atoms with E-state index in [-0.39, 0.29) is 0 Å². The summed E-state index contributed by atoms with van der Waals surface area (Å²) in [6, 6.07) is 0.561. The largest absolute Gasteiger partial charge is 0.374 e. The minimum atomic E-state index is -2.35. The normalized spacial score (nSPS) is 19.1. The van der Waals surface area contributed by atoms with Crippen molar-refractivity contribution in [3.8, 4) is 0 Å². The zero-order chi connectivity index (χ0) is 10.2. The minimum Gasteiger partial charge on any atom is -0.374 e. The van der Waals surface area contributed by atoms with Crippen LogP contribution in [-0.4, -0.2) is 43.7 Å². The Bertz CT molecular complexity index is 143. The van der Waals surface area contributed by atoms with E-state index in [1.165, 1.54) is 24.3 Å². The SMILES string of the molecule is FC(F)COCCNC1CCSCC1. The highest BCUT2D eigenvalue weighted by atomic mass is 32.2. The van der Waals surface area contributed by atoms with Gasteiger partial charge in [-0.15, -0.1) is 0 Å². The van der Waals surface area contributed by atoms with Crippen molar-refractivity contribution in [2.75, 3.05) is 31.3 Å². The fourth-order valence-electron chi connectivity index (χ4n) is 1.41. The number of hydrogen-bond donors (Lipinski definition) is 1. The third kappa shape index (κ3) is 5.78. The van der Waals surface area contributed by atoms with E-state index in [0.29, 0.717) is 19.2 Å². The summed E-state index contributed by atoms with van der Waals surface area (Å²) < 4.78 is 28.1.